The average molecular weight is 541 g/mol. The minimum atomic E-state index is -0.480. The van der Waals surface area contributed by atoms with E-state index in [-0.39, 0.29) is 11.8 Å². The summed E-state index contributed by atoms with van der Waals surface area (Å²) in [5, 5.41) is 5.63. The van der Waals surface area contributed by atoms with Crippen molar-refractivity contribution in [2.24, 2.45) is 0 Å². The van der Waals surface area contributed by atoms with Crippen molar-refractivity contribution in [3.8, 4) is 0 Å². The monoisotopic (exact) mass is 539 g/mol. The van der Waals surface area contributed by atoms with Crippen molar-refractivity contribution in [1.29, 1.82) is 0 Å². The van der Waals surface area contributed by atoms with Crippen LogP contribution in [0.15, 0.2) is 46.9 Å². The van der Waals surface area contributed by atoms with Crippen LogP contribution >= 0.6 is 27.5 Å². The number of imide groups is 1. The average Bonchev–Trinajstić information content (AvgIpc) is 2.96. The van der Waals surface area contributed by atoms with Gasteiger partial charge in [0.2, 0.25) is 5.91 Å². The zero-order valence-corrected chi connectivity index (χ0v) is 22.8. The van der Waals surface area contributed by atoms with Gasteiger partial charge in [-0.3, -0.25) is 9.59 Å². The minimum absolute atomic E-state index is 0.0394. The zero-order valence-electron chi connectivity index (χ0n) is 20.5. The fourth-order valence-electron chi connectivity index (χ4n) is 2.48. The van der Waals surface area contributed by atoms with Gasteiger partial charge in [-0.25, -0.2) is 9.69 Å². The van der Waals surface area contributed by atoms with E-state index in [0.29, 0.717) is 10.7 Å². The second-order valence-corrected chi connectivity index (χ2v) is 8.77. The zero-order chi connectivity index (χ0) is 25.6. The molecule has 2 N–H and O–H groups in total. The van der Waals surface area contributed by atoms with Gasteiger partial charge in [0, 0.05) is 23.0 Å². The number of urea groups is 1. The lowest BCUT2D eigenvalue weighted by atomic mass is 10.2. The predicted octanol–water partition coefficient (Wildman–Crippen LogP) is 6.41. The molecule has 3 rings (SSSR count). The number of benzene rings is 2. The van der Waals surface area contributed by atoms with Crippen LogP contribution < -0.4 is 15.5 Å². The number of hydrogen-bond donors (Lipinski definition) is 2. The predicted molar refractivity (Wildman–Crippen MR) is 141 cm³/mol. The van der Waals surface area contributed by atoms with Gasteiger partial charge in [-0.15, -0.1) is 0 Å². The Morgan fingerprint density at radius 3 is 1.94 bits per heavy atom. The van der Waals surface area contributed by atoms with Gasteiger partial charge in [0.1, 0.15) is 6.04 Å². The molecule has 0 aliphatic carbocycles. The summed E-state index contributed by atoms with van der Waals surface area (Å²) in [5.74, 6) is -0.218. The van der Waals surface area contributed by atoms with Gasteiger partial charge in [-0.05, 0) is 63.6 Å². The largest absolute Gasteiger partial charge is 0.357 e. The molecule has 0 bridgehead atoms. The Morgan fingerprint density at radius 1 is 1.06 bits per heavy atom. The van der Waals surface area contributed by atoms with Crippen LogP contribution in [0, 0.1) is 13.8 Å². The molecule has 0 radical (unpaired) electrons. The van der Waals surface area contributed by atoms with Crippen molar-refractivity contribution >= 4 is 51.1 Å². The van der Waals surface area contributed by atoms with E-state index in [1.807, 2.05) is 26.0 Å². The molecular weight excluding hydrogens is 506 g/mol. The molecule has 2 aromatic rings. The SMILES string of the molecule is CCC.CCNC(C)=O.Cc1cc(Cl)cc(N2C(=O)N[C@@H](C)C2=O)c1.Cc1ccc(Br)cc1. The Morgan fingerprint density at radius 2 is 1.61 bits per heavy atom. The standard InChI is InChI=1S/C11H11ClN2O2.C7H7Br.C4H9NO.C3H8/c1-6-3-8(12)5-9(4-6)14-10(15)7(2)13-11(14)16;1-6-2-4-7(8)5-3-6;1-3-5-4(2)6;1-3-2/h3-5,7H,1-2H3,(H,13,16);2-5H,1H3;3H2,1-2H3,(H,5,6);3H2,1-2H3/t7-;;;/m0.../s1. The number of carbonyl (C=O) groups excluding carboxylic acids is 3. The summed E-state index contributed by atoms with van der Waals surface area (Å²) in [4.78, 5) is 34.4. The first kappa shape index (κ1) is 30.6. The third-order valence-electron chi connectivity index (χ3n) is 3.86. The lowest BCUT2D eigenvalue weighted by molar-refractivity contribution is -0.119. The molecule has 0 spiro atoms. The van der Waals surface area contributed by atoms with Crippen LogP contribution in [0.4, 0.5) is 10.5 Å². The number of anilines is 1. The Balaban J connectivity index is 0.000000503. The highest BCUT2D eigenvalue weighted by molar-refractivity contribution is 9.10. The first-order valence-corrected chi connectivity index (χ1v) is 12.0. The normalized spacial score (nSPS) is 14.0. The van der Waals surface area contributed by atoms with Gasteiger partial charge >= 0.3 is 6.03 Å². The Hall–Kier alpha value is -2.38. The van der Waals surface area contributed by atoms with E-state index in [0.717, 1.165) is 21.5 Å². The van der Waals surface area contributed by atoms with Crippen molar-refractivity contribution in [2.45, 2.75) is 60.9 Å². The molecule has 1 atom stereocenters. The molecule has 1 saturated heterocycles. The van der Waals surface area contributed by atoms with Gasteiger partial charge in [0.15, 0.2) is 0 Å². The highest BCUT2D eigenvalue weighted by atomic mass is 79.9. The highest BCUT2D eigenvalue weighted by Gasteiger charge is 2.36. The summed E-state index contributed by atoms with van der Waals surface area (Å²) in [6.45, 7) is 14.0. The molecule has 4 amide bonds. The van der Waals surface area contributed by atoms with E-state index in [1.165, 1.54) is 18.9 Å². The third-order valence-corrected chi connectivity index (χ3v) is 4.60. The van der Waals surface area contributed by atoms with Crippen LogP contribution in [0.3, 0.4) is 0 Å². The van der Waals surface area contributed by atoms with E-state index < -0.39 is 12.1 Å². The Kier molecular flexibility index (Phi) is 15.1. The van der Waals surface area contributed by atoms with Crippen molar-refractivity contribution in [2.75, 3.05) is 11.4 Å². The highest BCUT2D eigenvalue weighted by Crippen LogP contribution is 2.25. The number of amides is 4. The summed E-state index contributed by atoms with van der Waals surface area (Å²) >= 11 is 9.24. The van der Waals surface area contributed by atoms with E-state index in [9.17, 15) is 14.4 Å². The summed E-state index contributed by atoms with van der Waals surface area (Å²) in [6, 6.07) is 12.5. The summed E-state index contributed by atoms with van der Waals surface area (Å²) in [6.07, 6.45) is 1.25. The number of rotatable bonds is 2. The summed E-state index contributed by atoms with van der Waals surface area (Å²) < 4.78 is 1.14. The Bertz CT molecular complexity index is 863. The molecule has 0 aromatic heterocycles. The number of nitrogens with zero attached hydrogens (tertiary/aromatic N) is 1. The lowest BCUT2D eigenvalue weighted by Crippen LogP contribution is -2.30. The minimum Gasteiger partial charge on any atom is -0.357 e. The molecule has 1 fully saturated rings. The number of hydrogen-bond acceptors (Lipinski definition) is 3. The fraction of sp³-hybridized carbons (Fsp3) is 0.400. The van der Waals surface area contributed by atoms with Crippen molar-refractivity contribution < 1.29 is 14.4 Å². The van der Waals surface area contributed by atoms with E-state index in [2.05, 4.69) is 59.5 Å². The number of carbonyl (C=O) groups is 3. The fourth-order valence-corrected chi connectivity index (χ4v) is 3.03. The maximum atomic E-state index is 11.7. The van der Waals surface area contributed by atoms with Crippen molar-refractivity contribution in [3.63, 3.8) is 0 Å². The number of aryl methyl sites for hydroxylation is 2. The Labute approximate surface area is 211 Å². The van der Waals surface area contributed by atoms with Crippen LogP contribution in [-0.4, -0.2) is 30.4 Å². The maximum absolute atomic E-state index is 11.7. The summed E-state index contributed by atoms with van der Waals surface area (Å²) in [7, 11) is 0. The van der Waals surface area contributed by atoms with Gasteiger partial charge in [0.05, 0.1) is 5.69 Å². The number of halogens is 2. The second kappa shape index (κ2) is 16.3. The van der Waals surface area contributed by atoms with Gasteiger partial charge in [0.25, 0.3) is 5.91 Å². The molecule has 33 heavy (non-hydrogen) atoms. The van der Waals surface area contributed by atoms with Crippen LogP contribution in [-0.2, 0) is 9.59 Å². The van der Waals surface area contributed by atoms with Crippen LogP contribution in [0.2, 0.25) is 5.02 Å². The van der Waals surface area contributed by atoms with Crippen LogP contribution in [0.1, 0.15) is 52.2 Å². The second-order valence-electron chi connectivity index (χ2n) is 7.42. The van der Waals surface area contributed by atoms with Gasteiger partial charge in [-0.1, -0.05) is 65.5 Å². The molecule has 1 aliphatic rings. The molecule has 0 unspecified atom stereocenters. The van der Waals surface area contributed by atoms with Crippen LogP contribution in [0.5, 0.6) is 0 Å². The molecule has 182 valence electrons. The molecule has 1 heterocycles. The molecule has 0 saturated carbocycles. The smallest absolute Gasteiger partial charge is 0.329 e. The summed E-state index contributed by atoms with van der Waals surface area (Å²) in [5.41, 5.74) is 2.72. The maximum Gasteiger partial charge on any atom is 0.329 e. The quantitative estimate of drug-likeness (QED) is 0.432. The van der Waals surface area contributed by atoms with E-state index in [4.69, 9.17) is 11.6 Å². The molecular formula is C25H35BrClN3O3. The van der Waals surface area contributed by atoms with Gasteiger partial charge in [-0.2, -0.15) is 0 Å². The van der Waals surface area contributed by atoms with Crippen molar-refractivity contribution in [1.82, 2.24) is 10.6 Å². The van der Waals surface area contributed by atoms with E-state index in [1.54, 1.807) is 25.1 Å². The topological polar surface area (TPSA) is 78.5 Å². The van der Waals surface area contributed by atoms with Crippen LogP contribution in [0.25, 0.3) is 0 Å². The van der Waals surface area contributed by atoms with Gasteiger partial charge < -0.3 is 10.6 Å². The molecule has 2 aromatic carbocycles. The third kappa shape index (κ3) is 12.4. The molecule has 1 aliphatic heterocycles. The number of nitrogens with one attached hydrogen (secondary N) is 2. The van der Waals surface area contributed by atoms with E-state index >= 15 is 0 Å². The molecule has 6 nitrogen and oxygen atoms in total. The first-order valence-electron chi connectivity index (χ1n) is 10.8. The first-order chi connectivity index (χ1) is 15.5. The van der Waals surface area contributed by atoms with Crippen molar-refractivity contribution in [3.05, 3.63) is 63.1 Å². The molecule has 8 heteroatoms. The lowest BCUT2D eigenvalue weighted by Gasteiger charge is -2.13.